The normalized spacial score (nSPS) is 36.8. The maximum atomic E-state index is 11.5. The zero-order chi connectivity index (χ0) is 10.8. The number of hydrogen-bond acceptors (Lipinski definition) is 3. The zero-order valence-corrected chi connectivity index (χ0v) is 9.32. The largest absolute Gasteiger partial charge is 0.447 e. The van der Waals surface area contributed by atoms with Gasteiger partial charge in [-0.2, -0.15) is 0 Å². The number of rotatable bonds is 2. The van der Waals surface area contributed by atoms with Gasteiger partial charge in [-0.25, -0.2) is 4.79 Å². The smallest absolute Gasteiger partial charge is 0.410 e. The van der Waals surface area contributed by atoms with Gasteiger partial charge in [0.05, 0.1) is 6.04 Å². The Bertz CT molecular complexity index is 237. The molecule has 2 fully saturated rings. The van der Waals surface area contributed by atoms with E-state index in [1.165, 1.54) is 0 Å². The van der Waals surface area contributed by atoms with Crippen LogP contribution in [-0.2, 0) is 4.74 Å². The molecule has 86 valence electrons. The Labute approximate surface area is 90.8 Å². The Kier molecular flexibility index (Phi) is 3.14. The highest BCUT2D eigenvalue weighted by Gasteiger charge is 2.36. The van der Waals surface area contributed by atoms with Gasteiger partial charge in [-0.1, -0.05) is 0 Å². The van der Waals surface area contributed by atoms with E-state index in [4.69, 9.17) is 10.5 Å². The molecule has 2 rings (SSSR count). The predicted molar refractivity (Wildman–Crippen MR) is 57.4 cm³/mol. The van der Waals surface area contributed by atoms with Crippen LogP contribution in [0.1, 0.15) is 32.6 Å². The van der Waals surface area contributed by atoms with Gasteiger partial charge < -0.3 is 10.5 Å². The third-order valence-electron chi connectivity index (χ3n) is 3.68. The van der Waals surface area contributed by atoms with Gasteiger partial charge in [-0.3, -0.25) is 4.90 Å². The summed E-state index contributed by atoms with van der Waals surface area (Å²) < 4.78 is 5.05. The molecule has 0 radical (unpaired) electrons. The molecule has 0 spiro atoms. The van der Waals surface area contributed by atoms with Crippen molar-refractivity contribution in [3.63, 3.8) is 0 Å². The second-order valence-corrected chi connectivity index (χ2v) is 4.74. The van der Waals surface area contributed by atoms with Crippen LogP contribution in [0.25, 0.3) is 0 Å². The Hall–Kier alpha value is -0.770. The average Bonchev–Trinajstić information content (AvgIpc) is 2.59. The van der Waals surface area contributed by atoms with E-state index in [9.17, 15) is 4.79 Å². The van der Waals surface area contributed by atoms with E-state index >= 15 is 0 Å². The molecular formula is C11H20N2O2. The second-order valence-electron chi connectivity index (χ2n) is 4.74. The minimum Gasteiger partial charge on any atom is -0.447 e. The summed E-state index contributed by atoms with van der Waals surface area (Å²) in [5, 5.41) is 0. The Morgan fingerprint density at radius 1 is 1.40 bits per heavy atom. The molecule has 0 aromatic heterocycles. The molecule has 0 bridgehead atoms. The summed E-state index contributed by atoms with van der Waals surface area (Å²) in [6, 6.07) is 0.634. The lowest BCUT2D eigenvalue weighted by molar-refractivity contribution is 0.126. The first-order valence-corrected chi connectivity index (χ1v) is 5.87. The molecule has 4 nitrogen and oxygen atoms in total. The number of ether oxygens (including phenoxy) is 1. The number of carbonyl (C=O) groups excluding carboxylic acids is 1. The van der Waals surface area contributed by atoms with Gasteiger partial charge in [-0.15, -0.1) is 0 Å². The molecule has 4 heteroatoms. The topological polar surface area (TPSA) is 55.6 Å². The molecular weight excluding hydrogens is 192 g/mol. The lowest BCUT2D eigenvalue weighted by Crippen LogP contribution is -2.43. The minimum absolute atomic E-state index is 0.126. The number of hydrogen-bond donors (Lipinski definition) is 1. The van der Waals surface area contributed by atoms with Crippen LogP contribution in [0.2, 0.25) is 0 Å². The fourth-order valence-electron chi connectivity index (χ4n) is 2.69. The van der Waals surface area contributed by atoms with Crippen molar-refractivity contribution in [1.82, 2.24) is 4.90 Å². The third kappa shape index (κ3) is 2.09. The van der Waals surface area contributed by atoms with Gasteiger partial charge in [0.2, 0.25) is 0 Å². The van der Waals surface area contributed by atoms with E-state index in [0.717, 1.165) is 32.2 Å². The highest BCUT2D eigenvalue weighted by Crippen LogP contribution is 2.30. The van der Waals surface area contributed by atoms with E-state index in [1.54, 1.807) is 0 Å². The first-order chi connectivity index (χ1) is 7.22. The van der Waals surface area contributed by atoms with Crippen LogP contribution >= 0.6 is 0 Å². The van der Waals surface area contributed by atoms with Crippen LogP contribution in [0, 0.1) is 5.92 Å². The lowest BCUT2D eigenvalue weighted by atomic mass is 9.85. The predicted octanol–water partition coefficient (Wildman–Crippen LogP) is 1.34. The van der Waals surface area contributed by atoms with Gasteiger partial charge in [0.15, 0.2) is 0 Å². The van der Waals surface area contributed by atoms with E-state index in [0.29, 0.717) is 18.6 Å². The molecule has 0 aromatic carbocycles. The number of cyclic esters (lactones) is 1. The van der Waals surface area contributed by atoms with Crippen LogP contribution in [0.4, 0.5) is 4.79 Å². The summed E-state index contributed by atoms with van der Waals surface area (Å²) in [6.07, 6.45) is 4.34. The fourth-order valence-corrected chi connectivity index (χ4v) is 2.69. The van der Waals surface area contributed by atoms with Gasteiger partial charge in [0.25, 0.3) is 0 Å². The highest BCUT2D eigenvalue weighted by molar-refractivity contribution is 5.70. The summed E-state index contributed by atoms with van der Waals surface area (Å²) in [5.74, 6) is 0.662. The number of nitrogens with zero attached hydrogens (tertiary/aromatic N) is 1. The van der Waals surface area contributed by atoms with Crippen LogP contribution in [0.5, 0.6) is 0 Å². The molecule has 15 heavy (non-hydrogen) atoms. The van der Waals surface area contributed by atoms with E-state index < -0.39 is 0 Å². The number of nitrogens with two attached hydrogens (primary N) is 1. The molecule has 2 aliphatic rings. The van der Waals surface area contributed by atoms with Crippen molar-refractivity contribution in [1.29, 1.82) is 0 Å². The summed E-state index contributed by atoms with van der Waals surface area (Å²) in [7, 11) is 0. The van der Waals surface area contributed by atoms with Crippen molar-refractivity contribution in [3.8, 4) is 0 Å². The van der Waals surface area contributed by atoms with Crippen molar-refractivity contribution in [2.45, 2.75) is 44.7 Å². The maximum absolute atomic E-state index is 11.5. The molecule has 1 aliphatic carbocycles. The molecule has 1 aliphatic heterocycles. The van der Waals surface area contributed by atoms with Gasteiger partial charge in [0, 0.05) is 6.04 Å². The molecule has 0 aromatic rings. The summed E-state index contributed by atoms with van der Waals surface area (Å²) in [6.45, 7) is 3.39. The Balaban J connectivity index is 1.92. The van der Waals surface area contributed by atoms with Gasteiger partial charge in [0.1, 0.15) is 6.61 Å². The molecule has 1 saturated heterocycles. The second kappa shape index (κ2) is 4.39. The Morgan fingerprint density at radius 3 is 2.53 bits per heavy atom. The Morgan fingerprint density at radius 2 is 2.07 bits per heavy atom. The quantitative estimate of drug-likeness (QED) is 0.751. The van der Waals surface area contributed by atoms with Crippen molar-refractivity contribution in [3.05, 3.63) is 0 Å². The van der Waals surface area contributed by atoms with Crippen molar-refractivity contribution in [2.24, 2.45) is 11.7 Å². The third-order valence-corrected chi connectivity index (χ3v) is 3.68. The number of amides is 1. The summed E-state index contributed by atoms with van der Waals surface area (Å²) in [5.41, 5.74) is 5.65. The van der Waals surface area contributed by atoms with Crippen molar-refractivity contribution in [2.75, 3.05) is 13.2 Å². The minimum atomic E-state index is -0.126. The summed E-state index contributed by atoms with van der Waals surface area (Å²) in [4.78, 5) is 13.4. The molecule has 1 saturated carbocycles. The summed E-state index contributed by atoms with van der Waals surface area (Å²) >= 11 is 0. The van der Waals surface area contributed by atoms with Crippen molar-refractivity contribution >= 4 is 6.09 Å². The standard InChI is InChI=1S/C11H20N2O2/c1-8-7-15-11(14)13(8)10-4-2-9(6-12)3-5-10/h8-10H,2-7,12H2,1H3/t8-,9?,10?/m0/s1. The molecule has 1 heterocycles. The van der Waals surface area contributed by atoms with Crippen LogP contribution in [-0.4, -0.2) is 36.2 Å². The molecule has 0 unspecified atom stereocenters. The molecule has 1 atom stereocenters. The van der Waals surface area contributed by atoms with Gasteiger partial charge in [-0.05, 0) is 45.1 Å². The lowest BCUT2D eigenvalue weighted by Gasteiger charge is -2.34. The molecule has 1 amide bonds. The van der Waals surface area contributed by atoms with Crippen molar-refractivity contribution < 1.29 is 9.53 Å². The average molecular weight is 212 g/mol. The number of carbonyl (C=O) groups is 1. The van der Waals surface area contributed by atoms with E-state index in [2.05, 4.69) is 6.92 Å². The van der Waals surface area contributed by atoms with E-state index in [-0.39, 0.29) is 12.1 Å². The highest BCUT2D eigenvalue weighted by atomic mass is 16.6. The van der Waals surface area contributed by atoms with Gasteiger partial charge >= 0.3 is 6.09 Å². The fraction of sp³-hybridized carbons (Fsp3) is 0.909. The van der Waals surface area contributed by atoms with Crippen LogP contribution < -0.4 is 5.73 Å². The zero-order valence-electron chi connectivity index (χ0n) is 9.32. The van der Waals surface area contributed by atoms with Crippen LogP contribution in [0.15, 0.2) is 0 Å². The first kappa shape index (κ1) is 10.7. The SMILES string of the molecule is C[C@H]1COC(=O)N1C1CCC(CN)CC1. The maximum Gasteiger partial charge on any atom is 0.410 e. The molecule has 2 N–H and O–H groups in total. The van der Waals surface area contributed by atoms with E-state index in [1.807, 2.05) is 4.90 Å². The first-order valence-electron chi connectivity index (χ1n) is 5.87. The van der Waals surface area contributed by atoms with Crippen LogP contribution in [0.3, 0.4) is 0 Å². The monoisotopic (exact) mass is 212 g/mol.